The van der Waals surface area contributed by atoms with Crippen molar-refractivity contribution >= 4 is 23.7 Å². The predicted molar refractivity (Wildman–Crippen MR) is 90.2 cm³/mol. The molecule has 2 aromatic carbocycles. The highest BCUT2D eigenvalue weighted by atomic mass is 35.5. The minimum atomic E-state index is -0.302. The van der Waals surface area contributed by atoms with Crippen LogP contribution in [0.15, 0.2) is 47.6 Å². The van der Waals surface area contributed by atoms with Crippen molar-refractivity contribution in [3.05, 3.63) is 64.2 Å². The lowest BCUT2D eigenvalue weighted by molar-refractivity contribution is 0.0955. The van der Waals surface area contributed by atoms with Crippen LogP contribution in [0, 0.1) is 0 Å². The molecule has 6 heteroatoms. The van der Waals surface area contributed by atoms with Gasteiger partial charge in [0.25, 0.3) is 5.91 Å². The van der Waals surface area contributed by atoms with Gasteiger partial charge in [0, 0.05) is 23.3 Å². The molecule has 0 saturated heterocycles. The van der Waals surface area contributed by atoms with Crippen LogP contribution in [0.3, 0.4) is 0 Å². The van der Waals surface area contributed by atoms with Crippen LogP contribution < -0.4 is 10.2 Å². The number of hydrogen-bond donors (Lipinski definition) is 1. The Morgan fingerprint density at radius 1 is 1.22 bits per heavy atom. The summed E-state index contributed by atoms with van der Waals surface area (Å²) in [6.07, 6.45) is 1.56. The van der Waals surface area contributed by atoms with Crippen LogP contribution in [-0.4, -0.2) is 26.3 Å². The summed E-state index contributed by atoms with van der Waals surface area (Å²) >= 11 is 5.78. The average molecular weight is 333 g/mol. The van der Waals surface area contributed by atoms with E-state index < -0.39 is 0 Å². The third kappa shape index (κ3) is 4.81. The Hall–Kier alpha value is -2.37. The lowest BCUT2D eigenvalue weighted by Crippen LogP contribution is -2.17. The molecule has 0 radical (unpaired) electrons. The summed E-state index contributed by atoms with van der Waals surface area (Å²) in [6, 6.07) is 12.1. The van der Waals surface area contributed by atoms with E-state index in [1.807, 2.05) is 18.2 Å². The Morgan fingerprint density at radius 2 is 1.96 bits per heavy atom. The number of ether oxygens (including phenoxy) is 2. The number of carbonyl (C=O) groups is 1. The van der Waals surface area contributed by atoms with Crippen molar-refractivity contribution in [1.82, 2.24) is 5.43 Å². The van der Waals surface area contributed by atoms with Crippen molar-refractivity contribution in [2.24, 2.45) is 5.10 Å². The summed E-state index contributed by atoms with van der Waals surface area (Å²) < 4.78 is 10.4. The van der Waals surface area contributed by atoms with E-state index in [1.54, 1.807) is 44.7 Å². The zero-order valence-corrected chi connectivity index (χ0v) is 13.6. The van der Waals surface area contributed by atoms with E-state index in [4.69, 9.17) is 21.1 Å². The molecule has 0 atom stereocenters. The Kier molecular flexibility index (Phi) is 6.14. The third-order valence-electron chi connectivity index (χ3n) is 3.09. The number of carbonyl (C=O) groups excluding carboxylic acids is 1. The summed E-state index contributed by atoms with van der Waals surface area (Å²) in [6.45, 7) is 0.433. The number of hydrazone groups is 1. The van der Waals surface area contributed by atoms with Crippen LogP contribution in [-0.2, 0) is 11.3 Å². The van der Waals surface area contributed by atoms with Gasteiger partial charge in [-0.25, -0.2) is 5.43 Å². The highest BCUT2D eigenvalue weighted by molar-refractivity contribution is 6.30. The molecular formula is C17H17ClN2O3. The van der Waals surface area contributed by atoms with Crippen molar-refractivity contribution in [1.29, 1.82) is 0 Å². The van der Waals surface area contributed by atoms with E-state index in [1.165, 1.54) is 0 Å². The number of methoxy groups -OCH3 is 2. The number of rotatable bonds is 6. The molecule has 0 heterocycles. The second-order valence-electron chi connectivity index (χ2n) is 4.71. The van der Waals surface area contributed by atoms with E-state index in [9.17, 15) is 4.79 Å². The van der Waals surface area contributed by atoms with E-state index in [-0.39, 0.29) is 5.91 Å². The van der Waals surface area contributed by atoms with Gasteiger partial charge in [-0.2, -0.15) is 5.10 Å². The fourth-order valence-corrected chi connectivity index (χ4v) is 2.10. The Bertz CT molecular complexity index is 699. The molecule has 2 rings (SSSR count). The minimum Gasteiger partial charge on any atom is -0.496 e. The first kappa shape index (κ1) is 17.0. The van der Waals surface area contributed by atoms with Gasteiger partial charge in [-0.15, -0.1) is 0 Å². The number of hydrogen-bond acceptors (Lipinski definition) is 4. The summed E-state index contributed by atoms with van der Waals surface area (Å²) in [5, 5.41) is 4.54. The molecule has 5 nitrogen and oxygen atoms in total. The second-order valence-corrected chi connectivity index (χ2v) is 5.15. The summed E-state index contributed by atoms with van der Waals surface area (Å²) in [5.74, 6) is 0.442. The highest BCUT2D eigenvalue weighted by Gasteiger charge is 2.05. The number of nitrogens with zero attached hydrogens (tertiary/aromatic N) is 1. The first-order chi connectivity index (χ1) is 11.1. The molecule has 0 fully saturated rings. The standard InChI is InChI=1S/C17H17ClN2O3/c1-22-11-14-9-12(3-8-16(14)23-2)10-19-20-17(21)13-4-6-15(18)7-5-13/h3-10H,11H2,1-2H3,(H,20,21). The van der Waals surface area contributed by atoms with Crippen LogP contribution in [0.25, 0.3) is 0 Å². The van der Waals surface area contributed by atoms with Gasteiger partial charge in [0.1, 0.15) is 5.75 Å². The van der Waals surface area contributed by atoms with Crippen LogP contribution in [0.5, 0.6) is 5.75 Å². The molecule has 1 amide bonds. The lowest BCUT2D eigenvalue weighted by Gasteiger charge is -2.08. The quantitative estimate of drug-likeness (QED) is 0.652. The van der Waals surface area contributed by atoms with Gasteiger partial charge in [0.15, 0.2) is 0 Å². The van der Waals surface area contributed by atoms with Gasteiger partial charge < -0.3 is 9.47 Å². The molecule has 0 aliphatic carbocycles. The van der Waals surface area contributed by atoms with Crippen LogP contribution >= 0.6 is 11.6 Å². The normalized spacial score (nSPS) is 10.7. The third-order valence-corrected chi connectivity index (χ3v) is 3.34. The van der Waals surface area contributed by atoms with Gasteiger partial charge in [0.05, 0.1) is 19.9 Å². The number of nitrogens with one attached hydrogen (secondary N) is 1. The molecule has 0 spiro atoms. The van der Waals surface area contributed by atoms with Crippen LogP contribution in [0.4, 0.5) is 0 Å². The first-order valence-electron chi connectivity index (χ1n) is 6.89. The maximum atomic E-state index is 11.9. The molecule has 0 bridgehead atoms. The zero-order valence-electron chi connectivity index (χ0n) is 12.9. The zero-order chi connectivity index (χ0) is 16.7. The highest BCUT2D eigenvalue weighted by Crippen LogP contribution is 2.19. The smallest absolute Gasteiger partial charge is 0.271 e. The summed E-state index contributed by atoms with van der Waals surface area (Å²) in [4.78, 5) is 11.9. The predicted octanol–water partition coefficient (Wildman–Crippen LogP) is 3.26. The molecule has 2 aromatic rings. The number of benzene rings is 2. The molecule has 0 aliphatic heterocycles. The maximum absolute atomic E-state index is 11.9. The van der Waals surface area contributed by atoms with Gasteiger partial charge in [-0.1, -0.05) is 11.6 Å². The fourth-order valence-electron chi connectivity index (χ4n) is 1.98. The largest absolute Gasteiger partial charge is 0.496 e. The van der Waals surface area contributed by atoms with Gasteiger partial charge in [0.2, 0.25) is 0 Å². The molecule has 120 valence electrons. The Morgan fingerprint density at radius 3 is 2.61 bits per heavy atom. The van der Waals surface area contributed by atoms with Crippen molar-refractivity contribution in [2.45, 2.75) is 6.61 Å². The van der Waals surface area contributed by atoms with E-state index in [0.29, 0.717) is 17.2 Å². The van der Waals surface area contributed by atoms with Gasteiger partial charge >= 0.3 is 0 Å². The van der Waals surface area contributed by atoms with Crippen molar-refractivity contribution in [2.75, 3.05) is 14.2 Å². The summed E-state index contributed by atoms with van der Waals surface area (Å²) in [5.41, 5.74) is 4.69. The average Bonchev–Trinajstić information content (AvgIpc) is 2.56. The Balaban J connectivity index is 2.03. The van der Waals surface area contributed by atoms with Crippen LogP contribution in [0.1, 0.15) is 21.5 Å². The second kappa shape index (κ2) is 8.31. The molecule has 0 aliphatic rings. The molecule has 23 heavy (non-hydrogen) atoms. The van der Waals surface area contributed by atoms with Gasteiger partial charge in [-0.3, -0.25) is 4.79 Å². The molecular weight excluding hydrogens is 316 g/mol. The van der Waals surface area contributed by atoms with Gasteiger partial charge in [-0.05, 0) is 48.0 Å². The fraction of sp³-hybridized carbons (Fsp3) is 0.176. The maximum Gasteiger partial charge on any atom is 0.271 e. The number of halogens is 1. The number of amides is 1. The first-order valence-corrected chi connectivity index (χ1v) is 7.26. The minimum absolute atomic E-state index is 0.302. The SMILES string of the molecule is COCc1cc(C=NNC(=O)c2ccc(Cl)cc2)ccc1OC. The molecule has 0 unspecified atom stereocenters. The molecule has 0 aromatic heterocycles. The van der Waals surface area contributed by atoms with E-state index in [0.717, 1.165) is 16.9 Å². The Labute approximate surface area is 139 Å². The van der Waals surface area contributed by atoms with E-state index >= 15 is 0 Å². The topological polar surface area (TPSA) is 59.9 Å². The van der Waals surface area contributed by atoms with E-state index in [2.05, 4.69) is 10.5 Å². The monoisotopic (exact) mass is 332 g/mol. The van der Waals surface area contributed by atoms with Crippen molar-refractivity contribution in [3.8, 4) is 5.75 Å². The summed E-state index contributed by atoms with van der Waals surface area (Å²) in [7, 11) is 3.22. The molecule has 0 saturated carbocycles. The van der Waals surface area contributed by atoms with Crippen LogP contribution in [0.2, 0.25) is 5.02 Å². The molecule has 1 N–H and O–H groups in total. The van der Waals surface area contributed by atoms with Crippen molar-refractivity contribution in [3.63, 3.8) is 0 Å². The van der Waals surface area contributed by atoms with Crippen molar-refractivity contribution < 1.29 is 14.3 Å². The lowest BCUT2D eigenvalue weighted by atomic mass is 10.1.